The van der Waals surface area contributed by atoms with Crippen molar-refractivity contribution in [1.82, 2.24) is 0 Å². The molecule has 0 aromatic carbocycles. The predicted octanol–water partition coefficient (Wildman–Crippen LogP) is 2.77. The predicted molar refractivity (Wildman–Crippen MR) is 23.5 cm³/mol. The molecule has 0 radical (unpaired) electrons. The van der Waals surface area contributed by atoms with E-state index in [4.69, 9.17) is 10.1 Å². The second-order valence-electron chi connectivity index (χ2n) is 1.25. The molecule has 10 heteroatoms. The van der Waals surface area contributed by atoms with E-state index in [-0.39, 0.29) is 4.83 Å². The standard InChI is InChI=1S/F5N2O2S/c1-10(2,3,4,5)6-7(8)9/q-1. The average Bonchev–Trinajstić information content (AvgIpc) is 1.12. The summed E-state index contributed by atoms with van der Waals surface area (Å²) >= 11 is 0. The Labute approximate surface area is 51.0 Å². The minimum absolute atomic E-state index is 0.181. The molecule has 0 aromatic heterocycles. The molecule has 0 amide bonds. The molecular weight excluding hydrogens is 187 g/mol. The summed E-state index contributed by atoms with van der Waals surface area (Å²) < 4.78 is 54.3. The molecule has 64 valence electrons. The summed E-state index contributed by atoms with van der Waals surface area (Å²) in [5.74, 6) is 0. The normalized spacial score (nSPS) is 18.9. The number of nitrogens with zero attached hydrogens (tertiary/aromatic N) is 2. The highest BCUT2D eigenvalue weighted by atomic mass is 32.5. The van der Waals surface area contributed by atoms with E-state index in [0.29, 0.717) is 0 Å². The van der Waals surface area contributed by atoms with Gasteiger partial charge in [-0.15, -0.1) is 19.4 Å². The molecule has 0 bridgehead atoms. The summed E-state index contributed by atoms with van der Waals surface area (Å²) in [6.07, 6.45) is 0. The first kappa shape index (κ1) is 9.20. The lowest BCUT2D eigenvalue weighted by Crippen LogP contribution is -2.07. The van der Waals surface area contributed by atoms with Gasteiger partial charge in [-0.2, -0.15) is 0 Å². The molecule has 0 saturated carbocycles. The van der Waals surface area contributed by atoms with Crippen LogP contribution in [0.4, 0.5) is 19.4 Å². The molecule has 0 atom stereocenters. The van der Waals surface area contributed by atoms with Crippen molar-refractivity contribution in [2.24, 2.45) is 0 Å². The highest BCUT2D eigenvalue weighted by Crippen LogP contribution is 3.01. The second-order valence-corrected chi connectivity index (χ2v) is 3.27. The van der Waals surface area contributed by atoms with Crippen molar-refractivity contribution >= 4 is 10.4 Å². The largest absolute Gasteiger partial charge is 0.291 e. The fourth-order valence-corrected chi connectivity index (χ4v) is 0.378. The van der Waals surface area contributed by atoms with Gasteiger partial charge in [0.05, 0.1) is 0 Å². The van der Waals surface area contributed by atoms with Gasteiger partial charge < -0.3 is 0 Å². The molecule has 0 N–H and O–H groups in total. The fraction of sp³-hybridized carbons (Fsp3) is 0. The van der Waals surface area contributed by atoms with Crippen molar-refractivity contribution in [3.63, 3.8) is 0 Å². The summed E-state index contributed by atoms with van der Waals surface area (Å²) in [6, 6.07) is 0. The van der Waals surface area contributed by atoms with Gasteiger partial charge in [-0.1, -0.05) is 0 Å². The first-order valence-electron chi connectivity index (χ1n) is 1.52. The Morgan fingerprint density at radius 3 is 1.50 bits per heavy atom. The lowest BCUT2D eigenvalue weighted by atomic mass is 12.7. The van der Waals surface area contributed by atoms with Crippen molar-refractivity contribution in [2.75, 3.05) is 0 Å². The molecule has 10 heavy (non-hydrogen) atoms. The topological polar surface area (TPSA) is 57.2 Å². The number of halogens is 5. The third-order valence-corrected chi connectivity index (χ3v) is 0.663. The van der Waals surface area contributed by atoms with E-state index in [1.54, 1.807) is 0 Å². The van der Waals surface area contributed by atoms with Crippen molar-refractivity contribution < 1.29 is 24.5 Å². The lowest BCUT2D eigenvalue weighted by Gasteiger charge is -2.45. The minimum Gasteiger partial charge on any atom is -0.268 e. The van der Waals surface area contributed by atoms with Gasteiger partial charge in [0.15, 0.2) is 0 Å². The van der Waals surface area contributed by atoms with Gasteiger partial charge in [0.1, 0.15) is 0 Å². The molecule has 0 aliphatic heterocycles. The van der Waals surface area contributed by atoms with Gasteiger partial charge in [0.2, 0.25) is 0 Å². The van der Waals surface area contributed by atoms with E-state index in [1.807, 2.05) is 0 Å². The summed E-state index contributed by atoms with van der Waals surface area (Å²) in [7, 11) is -10.2. The molecule has 0 unspecified atom stereocenters. The van der Waals surface area contributed by atoms with Crippen LogP contribution in [0.2, 0.25) is 0 Å². The van der Waals surface area contributed by atoms with Crippen LogP contribution in [-0.4, -0.2) is 5.03 Å². The molecule has 4 nitrogen and oxygen atoms in total. The van der Waals surface area contributed by atoms with Crippen LogP contribution in [-0.2, 0) is 0 Å². The molecule has 0 saturated heterocycles. The highest BCUT2D eigenvalue weighted by Gasteiger charge is 2.59. The van der Waals surface area contributed by atoms with Crippen LogP contribution in [0, 0.1) is 10.1 Å². The highest BCUT2D eigenvalue weighted by molar-refractivity contribution is 8.47. The van der Waals surface area contributed by atoms with Crippen molar-refractivity contribution in [3.05, 3.63) is 14.9 Å². The number of rotatable bonds is 2. The van der Waals surface area contributed by atoms with E-state index in [9.17, 15) is 19.4 Å². The quantitative estimate of drug-likeness (QED) is 0.379. The van der Waals surface area contributed by atoms with Crippen molar-refractivity contribution in [3.8, 4) is 0 Å². The second kappa shape index (κ2) is 1.28. The van der Waals surface area contributed by atoms with E-state index >= 15 is 0 Å². The Morgan fingerprint density at radius 2 is 1.50 bits per heavy atom. The molecule has 0 rings (SSSR count). The van der Waals surface area contributed by atoms with Gasteiger partial charge in [-0.25, -0.2) is 4.83 Å². The van der Waals surface area contributed by atoms with Crippen LogP contribution >= 0.6 is 10.4 Å². The van der Waals surface area contributed by atoms with Crippen LogP contribution in [0.1, 0.15) is 0 Å². The molecule has 0 aliphatic carbocycles. The average molecular weight is 187 g/mol. The Bertz CT molecular complexity index is 165. The van der Waals surface area contributed by atoms with Crippen molar-refractivity contribution in [1.29, 1.82) is 0 Å². The summed E-state index contributed by atoms with van der Waals surface area (Å²) in [5, 5.41) is 6.42. The third-order valence-electron chi connectivity index (χ3n) is 0.221. The van der Waals surface area contributed by atoms with Crippen LogP contribution in [0.15, 0.2) is 0 Å². The van der Waals surface area contributed by atoms with Crippen LogP contribution in [0.25, 0.3) is 4.83 Å². The Hall–Kier alpha value is -0.800. The fourth-order valence-electron chi connectivity index (χ4n) is 0.126. The van der Waals surface area contributed by atoms with Gasteiger partial charge in [0, 0.05) is 5.03 Å². The molecule has 0 heterocycles. The molecule has 0 fully saturated rings. The van der Waals surface area contributed by atoms with Gasteiger partial charge in [-0.05, 0) is 0 Å². The number of nitro groups is 1. The molecule has 0 aliphatic rings. The third kappa shape index (κ3) is 7.20. The zero-order chi connectivity index (χ0) is 8.69. The molecule has 0 spiro atoms. The monoisotopic (exact) mass is 187 g/mol. The van der Waals surface area contributed by atoms with Gasteiger partial charge in [-0.3, -0.25) is 10.1 Å². The van der Waals surface area contributed by atoms with Crippen molar-refractivity contribution in [2.45, 2.75) is 0 Å². The maximum Gasteiger partial charge on any atom is 0.291 e. The molecule has 0 aromatic rings. The summed E-state index contributed by atoms with van der Waals surface area (Å²) in [6.45, 7) is 0. The Balaban J connectivity index is 4.59. The van der Waals surface area contributed by atoms with Gasteiger partial charge in [0.25, 0.3) is 10.4 Å². The maximum atomic E-state index is 10.9. The number of hydrogen-bond donors (Lipinski definition) is 0. The van der Waals surface area contributed by atoms with Crippen LogP contribution in [0.3, 0.4) is 0 Å². The minimum atomic E-state index is -10.2. The first-order chi connectivity index (χ1) is 3.89. The van der Waals surface area contributed by atoms with E-state index in [0.717, 1.165) is 0 Å². The zero-order valence-corrected chi connectivity index (χ0v) is 4.83. The van der Waals surface area contributed by atoms with E-state index in [2.05, 4.69) is 0 Å². The molecular formula is F5N2O2S-. The SMILES string of the molecule is O=[N+]([O-])[N-]S(F)(F)(F)(F)F. The summed E-state index contributed by atoms with van der Waals surface area (Å²) in [5.41, 5.74) is 0. The maximum absolute atomic E-state index is 10.9. The van der Waals surface area contributed by atoms with Crippen LogP contribution < -0.4 is 0 Å². The summed E-state index contributed by atoms with van der Waals surface area (Å²) in [4.78, 5) is 9.07. The van der Waals surface area contributed by atoms with E-state index < -0.39 is 15.4 Å². The Morgan fingerprint density at radius 1 is 1.20 bits per heavy atom. The first-order valence-corrected chi connectivity index (χ1v) is 3.43. The smallest absolute Gasteiger partial charge is 0.268 e. The number of hydrogen-bond acceptors (Lipinski definition) is 2. The van der Waals surface area contributed by atoms with E-state index in [1.165, 1.54) is 0 Å². The van der Waals surface area contributed by atoms with Crippen LogP contribution in [0.5, 0.6) is 0 Å². The zero-order valence-electron chi connectivity index (χ0n) is 4.01. The van der Waals surface area contributed by atoms with Gasteiger partial charge >= 0.3 is 0 Å². The lowest BCUT2D eigenvalue weighted by molar-refractivity contribution is -0.416. The Kier molecular flexibility index (Phi) is 1.18.